The second-order valence-electron chi connectivity index (χ2n) is 7.22. The molecule has 1 aliphatic heterocycles. The number of ether oxygens (including phenoxy) is 1. The maximum Gasteiger partial charge on any atom is 0.211 e. The highest BCUT2D eigenvalue weighted by Gasteiger charge is 2.23. The summed E-state index contributed by atoms with van der Waals surface area (Å²) in [4.78, 5) is 9.03. The average Bonchev–Trinajstić information content (AvgIpc) is 3.33. The van der Waals surface area contributed by atoms with Crippen molar-refractivity contribution >= 4 is 36.3 Å². The van der Waals surface area contributed by atoms with Crippen molar-refractivity contribution in [3.8, 4) is 5.75 Å². The van der Waals surface area contributed by atoms with Crippen molar-refractivity contribution in [1.82, 2.24) is 14.5 Å². The van der Waals surface area contributed by atoms with Gasteiger partial charge in [0.25, 0.3) is 0 Å². The molecule has 1 atom stereocenters. The first kappa shape index (κ1) is 24.5. The fourth-order valence-corrected chi connectivity index (χ4v) is 3.82. The van der Waals surface area contributed by atoms with Gasteiger partial charge in [-0.15, -0.1) is 0 Å². The summed E-state index contributed by atoms with van der Waals surface area (Å²) in [7, 11) is 9.07. The molecule has 0 bridgehead atoms. The smallest absolute Gasteiger partial charge is 0.211 e. The van der Waals surface area contributed by atoms with Crippen molar-refractivity contribution in [1.29, 1.82) is 0 Å². The number of hydrogen-bond donors (Lipinski definition) is 0. The molecule has 1 fully saturated rings. The summed E-state index contributed by atoms with van der Waals surface area (Å²) < 4.78 is 30.1. The number of halogens is 3. The molecule has 32 heavy (non-hydrogen) atoms. The van der Waals surface area contributed by atoms with Crippen LogP contribution in [0.5, 0.6) is 5.75 Å². The van der Waals surface area contributed by atoms with E-state index in [2.05, 4.69) is 46.8 Å². The van der Waals surface area contributed by atoms with Crippen molar-refractivity contribution in [2.24, 2.45) is 0 Å². The summed E-state index contributed by atoms with van der Waals surface area (Å²) in [5.41, 5.74) is 2.24. The number of methoxy groups -OCH3 is 1. The van der Waals surface area contributed by atoms with Crippen LogP contribution in [0.25, 0.3) is 0 Å². The molecular formula is C22H25Cl2FN4O2S. The molecule has 10 heteroatoms. The minimum absolute atomic E-state index is 0.112. The zero-order valence-electron chi connectivity index (χ0n) is 17.6. The van der Waals surface area contributed by atoms with Crippen LogP contribution >= 0.6 is 21.4 Å². The van der Waals surface area contributed by atoms with Crippen LogP contribution in [-0.4, -0.2) is 58.5 Å². The Morgan fingerprint density at radius 3 is 2.34 bits per heavy atom. The van der Waals surface area contributed by atoms with Gasteiger partial charge in [0, 0.05) is 66.5 Å². The highest BCUT2D eigenvalue weighted by Crippen LogP contribution is 2.29. The zero-order valence-corrected chi connectivity index (χ0v) is 19.9. The molecule has 1 aromatic heterocycles. The molecule has 172 valence electrons. The molecule has 2 aromatic carbocycles. The molecule has 0 amide bonds. The van der Waals surface area contributed by atoms with E-state index in [1.807, 2.05) is 42.9 Å². The van der Waals surface area contributed by atoms with E-state index in [9.17, 15) is 4.39 Å². The van der Waals surface area contributed by atoms with Gasteiger partial charge in [0.1, 0.15) is 11.6 Å². The largest absolute Gasteiger partial charge is 0.495 e. The van der Waals surface area contributed by atoms with Crippen LogP contribution in [0, 0.1) is 5.82 Å². The van der Waals surface area contributed by atoms with Gasteiger partial charge < -0.3 is 14.2 Å². The Kier molecular flexibility index (Phi) is 9.35. The minimum Gasteiger partial charge on any atom is -0.495 e. The van der Waals surface area contributed by atoms with Gasteiger partial charge in [-0.2, -0.15) is 0 Å². The van der Waals surface area contributed by atoms with Crippen LogP contribution in [0.2, 0.25) is 0 Å². The lowest BCUT2D eigenvalue weighted by Crippen LogP contribution is -2.48. The topological polar surface area (TPSA) is 50.6 Å². The fourth-order valence-electron chi connectivity index (χ4n) is 3.82. The molecule has 2 heterocycles. The molecule has 0 N–H and O–H groups in total. The molecule has 0 aliphatic carbocycles. The number of benzene rings is 2. The van der Waals surface area contributed by atoms with E-state index >= 15 is 0 Å². The van der Waals surface area contributed by atoms with E-state index in [0.29, 0.717) is 0 Å². The minimum atomic E-state index is -1.67. The molecule has 0 radical (unpaired) electrons. The van der Waals surface area contributed by atoms with Crippen LogP contribution < -0.4 is 9.64 Å². The summed E-state index contributed by atoms with van der Waals surface area (Å²) >= 11 is 0. The van der Waals surface area contributed by atoms with E-state index in [1.165, 1.54) is 12.1 Å². The van der Waals surface area contributed by atoms with Crippen LogP contribution in [0.1, 0.15) is 11.6 Å². The molecule has 1 saturated heterocycles. The number of piperazine rings is 1. The number of imidazole rings is 1. The van der Waals surface area contributed by atoms with Crippen molar-refractivity contribution in [3.63, 3.8) is 0 Å². The van der Waals surface area contributed by atoms with E-state index in [-0.39, 0.29) is 11.9 Å². The van der Waals surface area contributed by atoms with Gasteiger partial charge in [-0.3, -0.25) is 4.90 Å². The van der Waals surface area contributed by atoms with Gasteiger partial charge in [-0.05, 0) is 29.8 Å². The summed E-state index contributed by atoms with van der Waals surface area (Å²) in [6.45, 7) is 4.68. The predicted octanol–water partition coefficient (Wildman–Crippen LogP) is 4.49. The lowest BCUT2D eigenvalue weighted by Gasteiger charge is -2.38. The Morgan fingerprint density at radius 2 is 1.75 bits per heavy atom. The highest BCUT2D eigenvalue weighted by atomic mass is 36.0. The summed E-state index contributed by atoms with van der Waals surface area (Å²) in [5.74, 6) is 0.706. The molecule has 0 saturated carbocycles. The third kappa shape index (κ3) is 6.93. The summed E-state index contributed by atoms with van der Waals surface area (Å²) in [6.07, 6.45) is 5.59. The van der Waals surface area contributed by atoms with Gasteiger partial charge in [0.15, 0.2) is 0 Å². The third-order valence-electron chi connectivity index (χ3n) is 5.37. The van der Waals surface area contributed by atoms with Crippen molar-refractivity contribution < 1.29 is 13.3 Å². The van der Waals surface area contributed by atoms with Crippen LogP contribution in [0.4, 0.5) is 10.1 Å². The Morgan fingerprint density at radius 1 is 1.09 bits per heavy atom. The molecule has 1 aliphatic rings. The Bertz CT molecular complexity index is 980. The lowest BCUT2D eigenvalue weighted by atomic mass is 10.1. The molecular weight excluding hydrogens is 474 g/mol. The number of hydrogen-bond acceptors (Lipinski definition) is 5. The fraction of sp³-hybridized carbons (Fsp3) is 0.318. The third-order valence-corrected chi connectivity index (χ3v) is 5.37. The molecule has 4 rings (SSSR count). The molecule has 6 nitrogen and oxygen atoms in total. The number of anilines is 1. The number of aromatic nitrogens is 2. The van der Waals surface area contributed by atoms with Crippen LogP contribution in [-0.2, 0) is 9.23 Å². The van der Waals surface area contributed by atoms with Crippen molar-refractivity contribution in [2.75, 3.05) is 44.7 Å². The van der Waals surface area contributed by atoms with Gasteiger partial charge >= 0.3 is 0 Å². The lowest BCUT2D eigenvalue weighted by molar-refractivity contribution is 0.231. The monoisotopic (exact) mass is 498 g/mol. The van der Waals surface area contributed by atoms with Gasteiger partial charge in [-0.1, -0.05) is 24.3 Å². The number of para-hydroxylation sites is 2. The second-order valence-corrected chi connectivity index (χ2v) is 9.75. The van der Waals surface area contributed by atoms with Crippen LogP contribution in [0.3, 0.4) is 0 Å². The Balaban J connectivity index is 0.000000668. The number of nitrogens with zero attached hydrogens (tertiary/aromatic N) is 4. The van der Waals surface area contributed by atoms with E-state index < -0.39 is 9.23 Å². The Hall–Kier alpha value is -2.13. The zero-order chi connectivity index (χ0) is 22.9. The SMILES string of the molecule is COc1ccccc1N1CCN(CC(c2ccc(F)cc2)n2ccnc2)CC1.O=S(Cl)Cl. The normalized spacial score (nSPS) is 15.2. The molecule has 3 aromatic rings. The first-order chi connectivity index (χ1) is 15.5. The highest BCUT2D eigenvalue weighted by molar-refractivity contribution is 8.26. The van der Waals surface area contributed by atoms with Gasteiger partial charge in [0.2, 0.25) is 9.23 Å². The second kappa shape index (κ2) is 12.2. The first-order valence-electron chi connectivity index (χ1n) is 10.1. The average molecular weight is 499 g/mol. The van der Waals surface area contributed by atoms with Gasteiger partial charge in [0.05, 0.1) is 25.2 Å². The van der Waals surface area contributed by atoms with E-state index in [0.717, 1.165) is 49.7 Å². The maximum atomic E-state index is 13.4. The van der Waals surface area contributed by atoms with Crippen LogP contribution in [0.15, 0.2) is 67.3 Å². The molecule has 1 unspecified atom stereocenters. The Labute approximate surface area is 199 Å². The number of rotatable bonds is 6. The van der Waals surface area contributed by atoms with E-state index in [1.54, 1.807) is 13.3 Å². The maximum absolute atomic E-state index is 13.4. The first-order valence-corrected chi connectivity index (χ1v) is 12.9. The van der Waals surface area contributed by atoms with Crippen molar-refractivity contribution in [3.05, 3.63) is 78.6 Å². The van der Waals surface area contributed by atoms with E-state index in [4.69, 9.17) is 8.95 Å². The summed E-state index contributed by atoms with van der Waals surface area (Å²) in [6, 6.07) is 15.1. The molecule has 0 spiro atoms. The van der Waals surface area contributed by atoms with Crippen molar-refractivity contribution in [2.45, 2.75) is 6.04 Å². The van der Waals surface area contributed by atoms with Gasteiger partial charge in [-0.25, -0.2) is 13.6 Å². The predicted molar refractivity (Wildman–Crippen MR) is 128 cm³/mol. The summed E-state index contributed by atoms with van der Waals surface area (Å²) in [5, 5.41) is 0. The quantitative estimate of drug-likeness (QED) is 0.468. The standard InChI is InChI=1S/C22H25FN4O.Cl2OS/c1-28-22-5-3-2-4-20(22)26-14-12-25(13-15-26)16-21(27-11-10-24-17-27)18-6-8-19(23)9-7-18;1-4(2)3/h2-11,17,21H,12-16H2,1H3;.